The van der Waals surface area contributed by atoms with Gasteiger partial charge in [0.05, 0.1) is 12.1 Å². The first-order valence-electron chi connectivity index (χ1n) is 6.43. The van der Waals surface area contributed by atoms with Gasteiger partial charge in [0.2, 0.25) is 0 Å². The molecule has 0 spiro atoms. The predicted molar refractivity (Wildman–Crippen MR) is 75.6 cm³/mol. The third-order valence-corrected chi connectivity index (χ3v) is 2.37. The van der Waals surface area contributed by atoms with Gasteiger partial charge in [0.1, 0.15) is 24.0 Å². The second-order valence-electron chi connectivity index (χ2n) is 5.34. The number of nitrogens with one attached hydrogen (secondary N) is 1. The Balaban J connectivity index is 2.41. The van der Waals surface area contributed by atoms with Crippen LogP contribution >= 0.6 is 0 Å². The molecule has 5 heteroatoms. The van der Waals surface area contributed by atoms with Gasteiger partial charge >= 0.3 is 6.09 Å². The molecule has 1 aromatic carbocycles. The number of amides is 1. The van der Waals surface area contributed by atoms with Crippen LogP contribution in [0.4, 0.5) is 4.79 Å². The van der Waals surface area contributed by atoms with Gasteiger partial charge in [-0.1, -0.05) is 12.1 Å². The third kappa shape index (κ3) is 5.19. The van der Waals surface area contributed by atoms with Crippen molar-refractivity contribution in [2.45, 2.75) is 33.3 Å². The molecule has 0 aliphatic heterocycles. The van der Waals surface area contributed by atoms with E-state index in [1.165, 1.54) is 0 Å². The quantitative estimate of drug-likeness (QED) is 0.858. The van der Waals surface area contributed by atoms with Crippen molar-refractivity contribution in [1.29, 1.82) is 5.26 Å². The highest BCUT2D eigenvalue weighted by Crippen LogP contribution is 2.20. The maximum Gasteiger partial charge on any atom is 0.407 e. The molecule has 0 heterocycles. The Hall–Kier alpha value is -2.22. The van der Waals surface area contributed by atoms with Crippen molar-refractivity contribution in [3.63, 3.8) is 0 Å². The minimum atomic E-state index is -0.518. The molecule has 0 saturated heterocycles. The lowest BCUT2D eigenvalue weighted by Gasteiger charge is -2.19. The van der Waals surface area contributed by atoms with Crippen LogP contribution in [-0.4, -0.2) is 24.8 Å². The lowest BCUT2D eigenvalue weighted by Crippen LogP contribution is -2.34. The molecule has 0 atom stereocenters. The Kier molecular flexibility index (Phi) is 5.39. The average Bonchev–Trinajstić information content (AvgIpc) is 2.32. The fraction of sp³-hybridized carbons (Fsp3) is 0.467. The number of aryl methyl sites for hydroxylation is 1. The highest BCUT2D eigenvalue weighted by molar-refractivity contribution is 5.67. The van der Waals surface area contributed by atoms with Gasteiger partial charge in [-0.25, -0.2) is 4.79 Å². The lowest BCUT2D eigenvalue weighted by atomic mass is 10.1. The summed E-state index contributed by atoms with van der Waals surface area (Å²) in [7, 11) is 0. The smallest absolute Gasteiger partial charge is 0.407 e. The van der Waals surface area contributed by atoms with Crippen LogP contribution in [0, 0.1) is 18.3 Å². The maximum atomic E-state index is 11.4. The van der Waals surface area contributed by atoms with Crippen molar-refractivity contribution in [1.82, 2.24) is 5.32 Å². The van der Waals surface area contributed by atoms with Gasteiger partial charge in [-0.3, -0.25) is 0 Å². The Labute approximate surface area is 119 Å². The second kappa shape index (κ2) is 6.80. The highest BCUT2D eigenvalue weighted by atomic mass is 16.6. The summed E-state index contributed by atoms with van der Waals surface area (Å²) in [4.78, 5) is 11.4. The number of ether oxygens (including phenoxy) is 2. The van der Waals surface area contributed by atoms with Crippen molar-refractivity contribution >= 4 is 6.09 Å². The molecule has 0 aromatic heterocycles. The number of nitriles is 1. The van der Waals surface area contributed by atoms with Crippen molar-refractivity contribution in [2.75, 3.05) is 13.2 Å². The molecule has 1 N–H and O–H groups in total. The fourth-order valence-corrected chi connectivity index (χ4v) is 1.53. The number of nitrogens with zero attached hydrogens (tertiary/aromatic N) is 1. The molecule has 108 valence electrons. The molecule has 0 bridgehead atoms. The largest absolute Gasteiger partial charge is 0.490 e. The molecule has 0 fully saturated rings. The molecule has 1 aromatic rings. The van der Waals surface area contributed by atoms with Crippen LogP contribution in [0.2, 0.25) is 0 Å². The minimum absolute atomic E-state index is 0.275. The molecule has 0 aliphatic rings. The van der Waals surface area contributed by atoms with E-state index in [0.29, 0.717) is 17.9 Å². The van der Waals surface area contributed by atoms with E-state index >= 15 is 0 Å². The number of benzene rings is 1. The maximum absolute atomic E-state index is 11.4. The summed E-state index contributed by atoms with van der Waals surface area (Å²) in [6, 6.07) is 7.52. The standard InChI is InChI=1S/C15H20N2O3/c1-11-6-5-7-13(12(11)10-16)19-9-8-17-14(18)20-15(2,3)4/h5-7H,8-9H2,1-4H3,(H,17,18). The van der Waals surface area contributed by atoms with E-state index in [-0.39, 0.29) is 6.61 Å². The Morgan fingerprint density at radius 2 is 2.10 bits per heavy atom. The van der Waals surface area contributed by atoms with Crippen LogP contribution in [0.15, 0.2) is 18.2 Å². The number of alkyl carbamates (subject to hydrolysis) is 1. The summed E-state index contributed by atoms with van der Waals surface area (Å²) in [5, 5.41) is 11.6. The summed E-state index contributed by atoms with van der Waals surface area (Å²) in [6.07, 6.45) is -0.481. The number of rotatable bonds is 4. The first-order valence-corrected chi connectivity index (χ1v) is 6.43. The Morgan fingerprint density at radius 3 is 2.70 bits per heavy atom. The van der Waals surface area contributed by atoms with Crippen molar-refractivity contribution < 1.29 is 14.3 Å². The van der Waals surface area contributed by atoms with Crippen molar-refractivity contribution in [3.05, 3.63) is 29.3 Å². The first-order chi connectivity index (χ1) is 9.33. The van der Waals surface area contributed by atoms with Gasteiger partial charge in [-0.15, -0.1) is 0 Å². The molecule has 1 rings (SSSR count). The molecule has 0 radical (unpaired) electrons. The zero-order chi connectivity index (χ0) is 15.2. The molecule has 0 unspecified atom stereocenters. The van der Waals surface area contributed by atoms with Gasteiger partial charge in [0.25, 0.3) is 0 Å². The van der Waals surface area contributed by atoms with Gasteiger partial charge in [0.15, 0.2) is 0 Å². The van der Waals surface area contributed by atoms with Gasteiger partial charge in [-0.05, 0) is 39.3 Å². The number of carbonyl (C=O) groups excluding carboxylic acids is 1. The second-order valence-corrected chi connectivity index (χ2v) is 5.34. The summed E-state index contributed by atoms with van der Waals surface area (Å²) < 4.78 is 10.6. The van der Waals surface area contributed by atoms with Crippen LogP contribution in [0.1, 0.15) is 31.9 Å². The number of carbonyl (C=O) groups is 1. The normalized spacial score (nSPS) is 10.6. The van der Waals surface area contributed by atoms with Gasteiger partial charge in [0, 0.05) is 0 Å². The van der Waals surface area contributed by atoms with E-state index in [0.717, 1.165) is 5.56 Å². The van der Waals surface area contributed by atoms with Crippen LogP contribution in [0.3, 0.4) is 0 Å². The fourth-order valence-electron chi connectivity index (χ4n) is 1.53. The van der Waals surface area contributed by atoms with Crippen LogP contribution in [0.5, 0.6) is 5.75 Å². The monoisotopic (exact) mass is 276 g/mol. The summed E-state index contributed by atoms with van der Waals surface area (Å²) in [5.41, 5.74) is 0.866. The zero-order valence-corrected chi connectivity index (χ0v) is 12.3. The van der Waals surface area contributed by atoms with Gasteiger partial charge in [-0.2, -0.15) is 5.26 Å². The summed E-state index contributed by atoms with van der Waals surface area (Å²) >= 11 is 0. The molecule has 1 amide bonds. The van der Waals surface area contributed by atoms with E-state index < -0.39 is 11.7 Å². The predicted octanol–water partition coefficient (Wildman–Crippen LogP) is 2.77. The van der Waals surface area contributed by atoms with Crippen LogP contribution in [-0.2, 0) is 4.74 Å². The number of hydrogen-bond donors (Lipinski definition) is 1. The van der Waals surface area contributed by atoms with Crippen molar-refractivity contribution in [2.24, 2.45) is 0 Å². The SMILES string of the molecule is Cc1cccc(OCCNC(=O)OC(C)(C)C)c1C#N. The zero-order valence-electron chi connectivity index (χ0n) is 12.3. The first kappa shape index (κ1) is 15.8. The Morgan fingerprint density at radius 1 is 1.40 bits per heavy atom. The van der Waals surface area contributed by atoms with E-state index in [1.807, 2.05) is 19.1 Å². The molecular weight excluding hydrogens is 256 g/mol. The van der Waals surface area contributed by atoms with Gasteiger partial charge < -0.3 is 14.8 Å². The molecule has 5 nitrogen and oxygen atoms in total. The topological polar surface area (TPSA) is 71.3 Å². The third-order valence-electron chi connectivity index (χ3n) is 2.37. The molecule has 0 aliphatic carbocycles. The van der Waals surface area contributed by atoms with Crippen LogP contribution in [0.25, 0.3) is 0 Å². The summed E-state index contributed by atoms with van der Waals surface area (Å²) in [6.45, 7) is 7.84. The van der Waals surface area contributed by atoms with E-state index in [1.54, 1.807) is 26.8 Å². The van der Waals surface area contributed by atoms with Crippen molar-refractivity contribution in [3.8, 4) is 11.8 Å². The average molecular weight is 276 g/mol. The molecule has 20 heavy (non-hydrogen) atoms. The van der Waals surface area contributed by atoms with E-state index in [4.69, 9.17) is 14.7 Å². The molecule has 0 saturated carbocycles. The lowest BCUT2D eigenvalue weighted by molar-refractivity contribution is 0.0520. The van der Waals surface area contributed by atoms with Crippen LogP contribution < -0.4 is 10.1 Å². The Bertz CT molecular complexity index is 513. The van der Waals surface area contributed by atoms with E-state index in [2.05, 4.69) is 11.4 Å². The minimum Gasteiger partial charge on any atom is -0.490 e. The number of hydrogen-bond acceptors (Lipinski definition) is 4. The van der Waals surface area contributed by atoms with E-state index in [9.17, 15) is 4.79 Å². The molecular formula is C15H20N2O3. The highest BCUT2D eigenvalue weighted by Gasteiger charge is 2.15. The summed E-state index contributed by atoms with van der Waals surface area (Å²) in [5.74, 6) is 0.526.